The van der Waals surface area contributed by atoms with Gasteiger partial charge in [0.05, 0.1) is 17.2 Å². The molecular weight excluding hydrogens is 782 g/mol. The number of amides is 3. The Morgan fingerprint density at radius 3 is 2.45 bits per heavy atom. The zero-order valence-electron chi connectivity index (χ0n) is 32.6. The number of imide groups is 1. The summed E-state index contributed by atoms with van der Waals surface area (Å²) in [6.07, 6.45) is 3.00. The lowest BCUT2D eigenvalue weighted by molar-refractivity contribution is -0.141. The van der Waals surface area contributed by atoms with Gasteiger partial charge in [-0.1, -0.05) is 18.7 Å². The number of nitrogens with zero attached hydrogens (tertiary/aromatic N) is 4. The fourth-order valence-corrected chi connectivity index (χ4v) is 8.22. The monoisotopic (exact) mass is 824 g/mol. The molecule has 6 heterocycles. The van der Waals surface area contributed by atoms with Crippen LogP contribution in [-0.4, -0.2) is 106 Å². The number of H-pyrrole nitrogens is 1. The van der Waals surface area contributed by atoms with E-state index in [9.17, 15) is 27.6 Å². The maximum absolute atomic E-state index is 14.2. The van der Waals surface area contributed by atoms with Gasteiger partial charge < -0.3 is 29.2 Å². The molecule has 5 aromatic rings. The molecule has 3 aliphatic heterocycles. The summed E-state index contributed by atoms with van der Waals surface area (Å²) in [5, 5.41) is 4.52. The molecule has 3 fully saturated rings. The Bertz CT molecular complexity index is 2480. The number of pyridine rings is 2. The first-order chi connectivity index (χ1) is 29.0. The lowest BCUT2D eigenvalue weighted by atomic mass is 9.92. The third-order valence-corrected chi connectivity index (χ3v) is 11.5. The summed E-state index contributed by atoms with van der Waals surface area (Å²) in [6.45, 7) is 7.65. The molecule has 3 amide bonds. The van der Waals surface area contributed by atoms with Crippen molar-refractivity contribution in [2.24, 2.45) is 0 Å². The van der Waals surface area contributed by atoms with Crippen LogP contribution in [0, 0.1) is 0 Å². The zero-order valence-corrected chi connectivity index (χ0v) is 32.6. The number of aromatic amines is 1. The van der Waals surface area contributed by atoms with Crippen LogP contribution in [0.25, 0.3) is 32.9 Å². The number of carbonyl (C=O) groups excluding carboxylic acids is 3. The summed E-state index contributed by atoms with van der Waals surface area (Å²) in [5.41, 5.74) is 2.82. The molecule has 0 radical (unpaired) electrons. The molecule has 4 aliphatic rings. The van der Waals surface area contributed by atoms with Crippen molar-refractivity contribution in [3.05, 3.63) is 96.1 Å². The van der Waals surface area contributed by atoms with Gasteiger partial charge in [-0.15, -0.1) is 0 Å². The van der Waals surface area contributed by atoms with Crippen molar-refractivity contribution in [1.82, 2.24) is 30.1 Å². The van der Waals surface area contributed by atoms with Crippen LogP contribution in [0.1, 0.15) is 64.8 Å². The number of ether oxygens (including phenoxy) is 4. The average molecular weight is 825 g/mol. The summed E-state index contributed by atoms with van der Waals surface area (Å²) in [6, 6.07) is 12.4. The smallest absolute Gasteiger partial charge is 0.421 e. The molecule has 2 N–H and O–H groups in total. The number of piperidine rings is 1. The first-order valence-corrected chi connectivity index (χ1v) is 20.2. The van der Waals surface area contributed by atoms with Crippen molar-refractivity contribution in [2.75, 3.05) is 39.5 Å². The van der Waals surface area contributed by atoms with Gasteiger partial charge in [0.1, 0.15) is 29.6 Å². The maximum Gasteiger partial charge on any atom is 0.421 e. The van der Waals surface area contributed by atoms with Crippen molar-refractivity contribution in [2.45, 2.75) is 69.1 Å². The van der Waals surface area contributed by atoms with Crippen molar-refractivity contribution >= 4 is 39.5 Å². The first kappa shape index (κ1) is 39.6. The number of halogens is 3. The molecule has 312 valence electrons. The van der Waals surface area contributed by atoms with Crippen LogP contribution in [0.5, 0.6) is 11.6 Å². The lowest BCUT2D eigenvalue weighted by Gasteiger charge is -2.39. The van der Waals surface area contributed by atoms with E-state index in [0.717, 1.165) is 58.8 Å². The number of hydrogen-bond acceptors (Lipinski definition) is 10. The van der Waals surface area contributed by atoms with Crippen LogP contribution in [0.2, 0.25) is 0 Å². The van der Waals surface area contributed by atoms with E-state index in [2.05, 4.69) is 31.7 Å². The van der Waals surface area contributed by atoms with Crippen LogP contribution in [0.4, 0.5) is 13.2 Å². The van der Waals surface area contributed by atoms with Crippen molar-refractivity contribution < 1.29 is 46.5 Å². The third-order valence-electron chi connectivity index (χ3n) is 11.5. The van der Waals surface area contributed by atoms with Gasteiger partial charge in [0.25, 0.3) is 11.8 Å². The fraction of sp³-hybridized carbons (Fsp3) is 0.386. The number of rotatable bonds is 15. The van der Waals surface area contributed by atoms with Crippen LogP contribution in [-0.2, 0) is 20.4 Å². The Labute approximate surface area is 342 Å². The number of alkyl halides is 3. The number of nitrogens with one attached hydrogen (secondary N) is 2. The molecule has 1 saturated carbocycles. The first-order valence-electron chi connectivity index (χ1n) is 20.2. The second kappa shape index (κ2) is 16.3. The molecule has 1 aliphatic carbocycles. The topological polar surface area (TPSA) is 148 Å². The third kappa shape index (κ3) is 8.06. The molecule has 3 aromatic heterocycles. The Morgan fingerprint density at radius 1 is 0.817 bits per heavy atom. The van der Waals surface area contributed by atoms with Crippen molar-refractivity contribution in [3.8, 4) is 22.8 Å². The number of fused-ring (bicyclic) bond motifs is 4. The van der Waals surface area contributed by atoms with E-state index in [0.29, 0.717) is 74.5 Å². The fourth-order valence-electron chi connectivity index (χ4n) is 8.22. The molecule has 13 nitrogen and oxygen atoms in total. The SMILES string of the molecule is C=C1CCC(N2C(=O)c3ccc(OC4CN(CCCOCCCOC5CC(Oc6ncc(-c7ccc8c(c7)[nH]c7ccncc78)cc6C(F)(F)F)C5)C4)cc3C2=O)C(=O)N1. The van der Waals surface area contributed by atoms with Crippen LogP contribution < -0.4 is 14.8 Å². The minimum atomic E-state index is -4.64. The average Bonchev–Trinajstić information content (AvgIpc) is 3.69. The Hall–Kier alpha value is -5.84. The largest absolute Gasteiger partial charge is 0.488 e. The van der Waals surface area contributed by atoms with Gasteiger partial charge in [0, 0.05) is 104 Å². The van der Waals surface area contributed by atoms with E-state index in [-0.39, 0.29) is 23.3 Å². The van der Waals surface area contributed by atoms with Gasteiger partial charge in [-0.25, -0.2) is 4.98 Å². The number of hydrogen-bond donors (Lipinski definition) is 2. The molecule has 2 aromatic carbocycles. The van der Waals surface area contributed by atoms with E-state index in [1.54, 1.807) is 36.7 Å². The summed E-state index contributed by atoms with van der Waals surface area (Å²) >= 11 is 0. The van der Waals surface area contributed by atoms with Crippen molar-refractivity contribution in [3.63, 3.8) is 0 Å². The molecule has 1 atom stereocenters. The molecule has 9 rings (SSSR count). The highest BCUT2D eigenvalue weighted by Gasteiger charge is 2.44. The number of benzene rings is 2. The summed E-state index contributed by atoms with van der Waals surface area (Å²) in [4.78, 5) is 53.5. The Morgan fingerprint density at radius 2 is 1.63 bits per heavy atom. The predicted molar refractivity (Wildman–Crippen MR) is 213 cm³/mol. The second-order valence-electron chi connectivity index (χ2n) is 15.7. The second-order valence-corrected chi connectivity index (χ2v) is 15.7. The minimum Gasteiger partial charge on any atom is -0.488 e. The number of likely N-dealkylation sites (tertiary alicyclic amines) is 1. The molecule has 0 bridgehead atoms. The highest BCUT2D eigenvalue weighted by Crippen LogP contribution is 2.40. The zero-order chi connectivity index (χ0) is 41.5. The van der Waals surface area contributed by atoms with Gasteiger partial charge in [0.15, 0.2) is 0 Å². The maximum atomic E-state index is 14.2. The molecule has 60 heavy (non-hydrogen) atoms. The quantitative estimate of drug-likeness (QED) is 0.0867. The molecule has 1 unspecified atom stereocenters. The highest BCUT2D eigenvalue weighted by atomic mass is 19.4. The summed E-state index contributed by atoms with van der Waals surface area (Å²) in [7, 11) is 0. The summed E-state index contributed by atoms with van der Waals surface area (Å²) < 4.78 is 66.0. The predicted octanol–water partition coefficient (Wildman–Crippen LogP) is 6.67. The van der Waals surface area contributed by atoms with Crippen LogP contribution in [0.15, 0.2) is 79.4 Å². The van der Waals surface area contributed by atoms with E-state index in [4.69, 9.17) is 18.9 Å². The number of carbonyl (C=O) groups is 3. The van der Waals surface area contributed by atoms with Gasteiger partial charge in [0.2, 0.25) is 11.8 Å². The highest BCUT2D eigenvalue weighted by molar-refractivity contribution is 6.23. The normalized spacial score (nSPS) is 21.0. The number of allylic oxidation sites excluding steroid dienone is 1. The Balaban J connectivity index is 0.646. The van der Waals surface area contributed by atoms with E-state index >= 15 is 0 Å². The van der Waals surface area contributed by atoms with Crippen LogP contribution in [0.3, 0.4) is 0 Å². The van der Waals surface area contributed by atoms with Gasteiger partial charge in [-0.05, 0) is 67.6 Å². The van der Waals surface area contributed by atoms with E-state index in [1.165, 1.54) is 6.20 Å². The van der Waals surface area contributed by atoms with Crippen LogP contribution >= 0.6 is 0 Å². The molecule has 16 heteroatoms. The van der Waals surface area contributed by atoms with Gasteiger partial charge in [-0.2, -0.15) is 13.2 Å². The van der Waals surface area contributed by atoms with E-state index < -0.39 is 47.5 Å². The molecule has 0 spiro atoms. The Kier molecular flexibility index (Phi) is 10.8. The molecular formula is C44H43F3N6O7. The van der Waals surface area contributed by atoms with E-state index in [1.807, 2.05) is 18.2 Å². The van der Waals surface area contributed by atoms with Gasteiger partial charge >= 0.3 is 6.18 Å². The lowest BCUT2D eigenvalue weighted by Crippen LogP contribution is -2.54. The standard InChI is InChI=1S/C44H43F3N6O7/c1-25-4-9-39(40(54)50-25)53-42(55)33-8-6-28(20-34(33)43(53)56)59-31-23-52(24-31)12-2-13-57-14-3-15-58-29-18-30(19-29)60-41-36(44(45,46)47)16-27(21-49-41)26-5-7-32-35-22-48-11-10-37(35)51-38(32)17-26/h5-8,10-11,16-17,20-22,29-31,39,51H,1-4,9,12-15,18-19,23-24H2,(H,50,54). The van der Waals surface area contributed by atoms with Gasteiger partial charge in [-0.3, -0.25) is 29.2 Å². The molecule has 2 saturated heterocycles. The van der Waals surface area contributed by atoms with Crippen molar-refractivity contribution in [1.29, 1.82) is 0 Å². The minimum absolute atomic E-state index is 0.0454. The summed E-state index contributed by atoms with van der Waals surface area (Å²) in [5.74, 6) is -1.29. The number of aromatic nitrogens is 3.